The number of rotatable bonds is 7. The number of benzene rings is 3. The Morgan fingerprint density at radius 2 is 1.26 bits per heavy atom. The first-order valence-electron chi connectivity index (χ1n) is 11.9. The van der Waals surface area contributed by atoms with Crippen molar-refractivity contribution in [1.82, 2.24) is 0 Å². The number of hydrogen-bond acceptors (Lipinski definition) is 2. The molecule has 4 heteroatoms. The summed E-state index contributed by atoms with van der Waals surface area (Å²) in [6.45, 7) is 12.7. The van der Waals surface area contributed by atoms with Crippen molar-refractivity contribution in [2.45, 2.75) is 59.3 Å². The lowest BCUT2D eigenvalue weighted by atomic mass is 9.87. The van der Waals surface area contributed by atoms with Gasteiger partial charge in [-0.2, -0.15) is 0 Å². The molecule has 0 radical (unpaired) electrons. The van der Waals surface area contributed by atoms with Gasteiger partial charge < -0.3 is 10.6 Å². The number of hydrogen-bond donors (Lipinski definition) is 2. The molecule has 4 nitrogen and oxygen atoms in total. The molecule has 3 rings (SSSR count). The molecule has 3 aromatic carbocycles. The molecule has 2 N–H and O–H groups in total. The van der Waals surface area contributed by atoms with Crippen molar-refractivity contribution in [3.05, 3.63) is 95.1 Å². The smallest absolute Gasteiger partial charge is 0.255 e. The second-order valence-corrected chi connectivity index (χ2v) is 10.4. The van der Waals surface area contributed by atoms with Gasteiger partial charge in [0, 0.05) is 16.9 Å². The summed E-state index contributed by atoms with van der Waals surface area (Å²) in [4.78, 5) is 25.3. The first kappa shape index (κ1) is 25.2. The van der Waals surface area contributed by atoms with E-state index in [4.69, 9.17) is 0 Å². The van der Waals surface area contributed by atoms with Crippen LogP contribution in [0.4, 0.5) is 11.4 Å². The summed E-state index contributed by atoms with van der Waals surface area (Å²) in [5.74, 6) is 0.121. The Bertz CT molecular complexity index is 1110. The Morgan fingerprint density at radius 1 is 0.735 bits per heavy atom. The third kappa shape index (κ3) is 6.80. The molecular weight excluding hydrogens is 420 g/mol. The van der Waals surface area contributed by atoms with E-state index in [9.17, 15) is 9.59 Å². The second kappa shape index (κ2) is 10.7. The van der Waals surface area contributed by atoms with Crippen LogP contribution >= 0.6 is 0 Å². The van der Waals surface area contributed by atoms with Crippen molar-refractivity contribution in [3.63, 3.8) is 0 Å². The molecule has 1 atom stereocenters. The summed E-state index contributed by atoms with van der Waals surface area (Å²) in [6, 6.07) is 23.2. The predicted molar refractivity (Wildman–Crippen MR) is 142 cm³/mol. The van der Waals surface area contributed by atoms with Crippen LogP contribution in [-0.2, 0) is 16.6 Å². The number of anilines is 2. The summed E-state index contributed by atoms with van der Waals surface area (Å²) in [7, 11) is 0. The Labute approximate surface area is 203 Å². The molecule has 0 aromatic heterocycles. The molecule has 0 fully saturated rings. The molecule has 1 unspecified atom stereocenters. The molecule has 178 valence electrons. The van der Waals surface area contributed by atoms with Gasteiger partial charge in [0.2, 0.25) is 5.91 Å². The zero-order valence-corrected chi connectivity index (χ0v) is 21.1. The highest BCUT2D eigenvalue weighted by atomic mass is 16.2. The van der Waals surface area contributed by atoms with Crippen LogP contribution in [-0.4, -0.2) is 11.8 Å². The summed E-state index contributed by atoms with van der Waals surface area (Å²) >= 11 is 0. The Hall–Kier alpha value is -3.40. The van der Waals surface area contributed by atoms with E-state index in [0.717, 1.165) is 12.0 Å². The van der Waals surface area contributed by atoms with Crippen LogP contribution in [0.15, 0.2) is 72.8 Å². The fourth-order valence-electron chi connectivity index (χ4n) is 3.78. The molecule has 0 aliphatic carbocycles. The molecule has 0 heterocycles. The van der Waals surface area contributed by atoms with Crippen molar-refractivity contribution in [2.75, 3.05) is 10.6 Å². The molecule has 0 saturated heterocycles. The molecule has 0 bridgehead atoms. The van der Waals surface area contributed by atoms with Crippen LogP contribution in [0.2, 0.25) is 0 Å². The third-order valence-electron chi connectivity index (χ3n) is 5.94. The largest absolute Gasteiger partial charge is 0.326 e. The van der Waals surface area contributed by atoms with E-state index >= 15 is 0 Å². The highest BCUT2D eigenvalue weighted by molar-refractivity contribution is 6.04. The van der Waals surface area contributed by atoms with E-state index in [1.807, 2.05) is 43.3 Å². The van der Waals surface area contributed by atoms with Crippen LogP contribution in [0.1, 0.15) is 74.5 Å². The molecule has 0 aliphatic heterocycles. The van der Waals surface area contributed by atoms with Crippen LogP contribution < -0.4 is 10.6 Å². The summed E-state index contributed by atoms with van der Waals surface area (Å²) in [5, 5.41) is 5.88. The van der Waals surface area contributed by atoms with Gasteiger partial charge in [-0.3, -0.25) is 9.59 Å². The van der Waals surface area contributed by atoms with Gasteiger partial charge in [0.25, 0.3) is 5.91 Å². The average Bonchev–Trinajstić information content (AvgIpc) is 2.79. The predicted octanol–water partition coefficient (Wildman–Crippen LogP) is 7.18. The topological polar surface area (TPSA) is 58.2 Å². The average molecular weight is 457 g/mol. The first-order chi connectivity index (χ1) is 16.0. The summed E-state index contributed by atoms with van der Waals surface area (Å²) < 4.78 is 0. The Morgan fingerprint density at radius 3 is 1.76 bits per heavy atom. The molecule has 0 saturated carbocycles. The van der Waals surface area contributed by atoms with E-state index in [1.54, 1.807) is 24.3 Å². The quantitative estimate of drug-likeness (QED) is 0.396. The van der Waals surface area contributed by atoms with Gasteiger partial charge >= 0.3 is 0 Å². The zero-order valence-electron chi connectivity index (χ0n) is 21.1. The van der Waals surface area contributed by atoms with Crippen LogP contribution in [0.3, 0.4) is 0 Å². The molecule has 34 heavy (non-hydrogen) atoms. The number of amides is 2. The van der Waals surface area contributed by atoms with Gasteiger partial charge in [-0.05, 0) is 77.8 Å². The van der Waals surface area contributed by atoms with Crippen LogP contribution in [0.25, 0.3) is 0 Å². The van der Waals surface area contributed by atoms with E-state index in [-0.39, 0.29) is 23.1 Å². The highest BCUT2D eigenvalue weighted by Crippen LogP contribution is 2.23. The maximum absolute atomic E-state index is 12.7. The minimum absolute atomic E-state index is 0.0456. The third-order valence-corrected chi connectivity index (χ3v) is 5.94. The number of carbonyl (C=O) groups is 2. The Kier molecular flexibility index (Phi) is 7.93. The van der Waals surface area contributed by atoms with Crippen molar-refractivity contribution in [3.8, 4) is 0 Å². The SMILES string of the molecule is CC(C)Cc1ccc(C(C)C(=O)Nc2ccc(NC(=O)c3ccc(C(C)(C)C)cc3)cc2)cc1. The molecule has 3 aromatic rings. The molecule has 2 amide bonds. The van der Waals surface area contributed by atoms with Crippen molar-refractivity contribution in [2.24, 2.45) is 5.92 Å². The Balaban J connectivity index is 1.57. The van der Waals surface area contributed by atoms with E-state index in [1.165, 1.54) is 11.1 Å². The molecule has 0 aliphatic rings. The van der Waals surface area contributed by atoms with Gasteiger partial charge in [0.15, 0.2) is 0 Å². The van der Waals surface area contributed by atoms with Crippen LogP contribution in [0, 0.1) is 5.92 Å². The van der Waals surface area contributed by atoms with Gasteiger partial charge in [-0.25, -0.2) is 0 Å². The van der Waals surface area contributed by atoms with Crippen LogP contribution in [0.5, 0.6) is 0 Å². The van der Waals surface area contributed by atoms with E-state index in [0.29, 0.717) is 22.9 Å². The minimum atomic E-state index is -0.261. The zero-order chi connectivity index (χ0) is 24.9. The fourth-order valence-corrected chi connectivity index (χ4v) is 3.78. The normalized spacial score (nSPS) is 12.3. The van der Waals surface area contributed by atoms with Gasteiger partial charge in [-0.15, -0.1) is 0 Å². The van der Waals surface area contributed by atoms with Crippen molar-refractivity contribution in [1.29, 1.82) is 0 Å². The summed E-state index contributed by atoms with van der Waals surface area (Å²) in [5.41, 5.74) is 5.49. The molecular formula is C30H36N2O2. The molecule has 0 spiro atoms. The summed E-state index contributed by atoms with van der Waals surface area (Å²) in [6.07, 6.45) is 1.03. The standard InChI is InChI=1S/C30H36N2O2/c1-20(2)19-22-7-9-23(10-8-22)21(3)28(33)31-26-15-17-27(18-16-26)32-29(34)24-11-13-25(14-12-24)30(4,5)6/h7-18,20-21H,19H2,1-6H3,(H,31,33)(H,32,34). The first-order valence-corrected chi connectivity index (χ1v) is 11.9. The highest BCUT2D eigenvalue weighted by Gasteiger charge is 2.16. The minimum Gasteiger partial charge on any atom is -0.326 e. The number of nitrogens with one attached hydrogen (secondary N) is 2. The maximum atomic E-state index is 12.7. The lowest BCUT2D eigenvalue weighted by molar-refractivity contribution is -0.117. The van der Waals surface area contributed by atoms with E-state index < -0.39 is 0 Å². The van der Waals surface area contributed by atoms with Gasteiger partial charge in [0.1, 0.15) is 0 Å². The lowest BCUT2D eigenvalue weighted by Gasteiger charge is -2.19. The van der Waals surface area contributed by atoms with E-state index in [2.05, 4.69) is 57.4 Å². The monoisotopic (exact) mass is 456 g/mol. The second-order valence-electron chi connectivity index (χ2n) is 10.4. The van der Waals surface area contributed by atoms with Crippen molar-refractivity contribution >= 4 is 23.2 Å². The maximum Gasteiger partial charge on any atom is 0.255 e. The number of carbonyl (C=O) groups excluding carboxylic acids is 2. The fraction of sp³-hybridized carbons (Fsp3) is 0.333. The van der Waals surface area contributed by atoms with Crippen molar-refractivity contribution < 1.29 is 9.59 Å². The van der Waals surface area contributed by atoms with Gasteiger partial charge in [0.05, 0.1) is 5.92 Å². The lowest BCUT2D eigenvalue weighted by Crippen LogP contribution is -2.19. The van der Waals surface area contributed by atoms with Gasteiger partial charge in [-0.1, -0.05) is 71.0 Å².